The third-order valence-electron chi connectivity index (χ3n) is 3.63. The molecule has 1 saturated heterocycles. The third-order valence-corrected chi connectivity index (χ3v) is 3.93. The molecule has 0 bridgehead atoms. The number of aryl methyl sites for hydroxylation is 1. The van der Waals surface area contributed by atoms with Crippen molar-refractivity contribution in [3.63, 3.8) is 0 Å². The number of anilines is 1. The first-order chi connectivity index (χ1) is 9.90. The predicted molar refractivity (Wildman–Crippen MR) is 84.5 cm³/mol. The van der Waals surface area contributed by atoms with E-state index in [-0.39, 0.29) is 11.8 Å². The Kier molecular flexibility index (Phi) is 4.88. The van der Waals surface area contributed by atoms with Crippen LogP contribution in [0, 0.1) is 12.8 Å². The van der Waals surface area contributed by atoms with Gasteiger partial charge in [0.15, 0.2) is 0 Å². The van der Waals surface area contributed by atoms with Gasteiger partial charge in [-0.2, -0.15) is 0 Å². The molecule has 1 aliphatic heterocycles. The molecule has 0 aromatic heterocycles. The fourth-order valence-corrected chi connectivity index (χ4v) is 2.98. The fourth-order valence-electron chi connectivity index (χ4n) is 2.66. The van der Waals surface area contributed by atoms with E-state index in [1.165, 1.54) is 0 Å². The molecular formula is C16H21ClN2O2. The molecule has 1 heterocycles. The maximum atomic E-state index is 12.8. The van der Waals surface area contributed by atoms with E-state index in [9.17, 15) is 9.59 Å². The molecule has 1 N–H and O–H groups in total. The second kappa shape index (κ2) is 6.48. The second-order valence-electron chi connectivity index (χ2n) is 5.89. The number of hydrogen-bond donors (Lipinski definition) is 1. The van der Waals surface area contributed by atoms with Gasteiger partial charge in [-0.05, 0) is 30.9 Å². The standard InChI is InChI=1S/C16H21ClN2O2/c1-10(2)9-13-16(21)19(8-7-14(20)18-13)15-11(3)5-4-6-12(15)17/h4-6,10,13H,7-9H2,1-3H3,(H,18,20). The largest absolute Gasteiger partial charge is 0.344 e. The Labute approximate surface area is 130 Å². The van der Waals surface area contributed by atoms with E-state index in [1.54, 1.807) is 11.0 Å². The molecule has 1 atom stereocenters. The molecule has 114 valence electrons. The summed E-state index contributed by atoms with van der Waals surface area (Å²) in [6, 6.07) is 5.08. The molecule has 1 aromatic rings. The quantitative estimate of drug-likeness (QED) is 0.933. The summed E-state index contributed by atoms with van der Waals surface area (Å²) in [6.07, 6.45) is 0.926. The van der Waals surface area contributed by atoms with E-state index in [1.807, 2.05) is 32.9 Å². The highest BCUT2D eigenvalue weighted by molar-refractivity contribution is 6.34. The lowest BCUT2D eigenvalue weighted by molar-refractivity contribution is -0.125. The smallest absolute Gasteiger partial charge is 0.249 e. The molecule has 5 heteroatoms. The number of rotatable bonds is 3. The van der Waals surface area contributed by atoms with Crippen LogP contribution in [0.4, 0.5) is 5.69 Å². The second-order valence-corrected chi connectivity index (χ2v) is 6.30. The van der Waals surface area contributed by atoms with Crippen LogP contribution in [0.15, 0.2) is 18.2 Å². The van der Waals surface area contributed by atoms with Crippen LogP contribution in [0.3, 0.4) is 0 Å². The van der Waals surface area contributed by atoms with Crippen molar-refractivity contribution < 1.29 is 9.59 Å². The Morgan fingerprint density at radius 3 is 2.71 bits per heavy atom. The number of carbonyl (C=O) groups is 2. The average molecular weight is 309 g/mol. The van der Waals surface area contributed by atoms with Gasteiger partial charge in [-0.15, -0.1) is 0 Å². The summed E-state index contributed by atoms with van der Waals surface area (Å²) in [5.41, 5.74) is 1.66. The number of nitrogens with one attached hydrogen (secondary N) is 1. The summed E-state index contributed by atoms with van der Waals surface area (Å²) in [4.78, 5) is 26.3. The minimum Gasteiger partial charge on any atom is -0.344 e. The van der Waals surface area contributed by atoms with Crippen LogP contribution in [0.25, 0.3) is 0 Å². The van der Waals surface area contributed by atoms with E-state index in [2.05, 4.69) is 5.32 Å². The van der Waals surface area contributed by atoms with Crippen LogP contribution < -0.4 is 10.2 Å². The molecule has 2 amide bonds. The van der Waals surface area contributed by atoms with Gasteiger partial charge in [-0.25, -0.2) is 0 Å². The van der Waals surface area contributed by atoms with Crippen LogP contribution in [0.5, 0.6) is 0 Å². The highest BCUT2D eigenvalue weighted by Crippen LogP contribution is 2.31. The number of amides is 2. The zero-order valence-electron chi connectivity index (χ0n) is 12.6. The molecule has 2 rings (SSSR count). The lowest BCUT2D eigenvalue weighted by Crippen LogP contribution is -2.45. The van der Waals surface area contributed by atoms with Crippen molar-refractivity contribution in [2.45, 2.75) is 39.7 Å². The van der Waals surface area contributed by atoms with Crippen molar-refractivity contribution in [3.05, 3.63) is 28.8 Å². The summed E-state index contributed by atoms with van der Waals surface area (Å²) < 4.78 is 0. The van der Waals surface area contributed by atoms with Gasteiger partial charge in [-0.3, -0.25) is 9.59 Å². The lowest BCUT2D eigenvalue weighted by Gasteiger charge is -2.27. The van der Waals surface area contributed by atoms with Crippen molar-refractivity contribution in [1.29, 1.82) is 0 Å². The van der Waals surface area contributed by atoms with Gasteiger partial charge < -0.3 is 10.2 Å². The van der Waals surface area contributed by atoms with E-state index in [0.717, 1.165) is 11.3 Å². The van der Waals surface area contributed by atoms with Crippen molar-refractivity contribution in [3.8, 4) is 0 Å². The number of halogens is 1. The average Bonchev–Trinajstić information content (AvgIpc) is 2.51. The van der Waals surface area contributed by atoms with Crippen LogP contribution in [-0.2, 0) is 9.59 Å². The maximum Gasteiger partial charge on any atom is 0.249 e. The Balaban J connectivity index is 2.37. The molecule has 0 aliphatic carbocycles. The first-order valence-corrected chi connectivity index (χ1v) is 7.63. The molecule has 1 aromatic carbocycles. The van der Waals surface area contributed by atoms with Gasteiger partial charge in [0.05, 0.1) is 10.7 Å². The highest BCUT2D eigenvalue weighted by Gasteiger charge is 2.32. The maximum absolute atomic E-state index is 12.8. The fraction of sp³-hybridized carbons (Fsp3) is 0.500. The molecule has 1 aliphatic rings. The molecule has 21 heavy (non-hydrogen) atoms. The predicted octanol–water partition coefficient (Wildman–Crippen LogP) is 2.92. The topological polar surface area (TPSA) is 49.4 Å². The Morgan fingerprint density at radius 2 is 2.10 bits per heavy atom. The number of benzene rings is 1. The molecule has 4 nitrogen and oxygen atoms in total. The number of nitrogens with zero attached hydrogens (tertiary/aromatic N) is 1. The third kappa shape index (κ3) is 3.56. The van der Waals surface area contributed by atoms with Gasteiger partial charge in [-0.1, -0.05) is 37.6 Å². The van der Waals surface area contributed by atoms with Crippen LogP contribution >= 0.6 is 11.6 Å². The summed E-state index contributed by atoms with van der Waals surface area (Å²) in [5.74, 6) is 0.165. The summed E-state index contributed by atoms with van der Waals surface area (Å²) in [5, 5.41) is 3.37. The lowest BCUT2D eigenvalue weighted by atomic mass is 10.0. The normalized spacial score (nSPS) is 19.7. The van der Waals surface area contributed by atoms with Gasteiger partial charge >= 0.3 is 0 Å². The summed E-state index contributed by atoms with van der Waals surface area (Å²) in [6.45, 7) is 6.36. The van der Waals surface area contributed by atoms with E-state index < -0.39 is 6.04 Å². The molecule has 0 radical (unpaired) electrons. The summed E-state index contributed by atoms with van der Waals surface area (Å²) in [7, 11) is 0. The molecule has 1 fully saturated rings. The number of hydrogen-bond acceptors (Lipinski definition) is 2. The molecule has 1 unspecified atom stereocenters. The van der Waals surface area contributed by atoms with E-state index in [4.69, 9.17) is 11.6 Å². The Bertz CT molecular complexity index is 537. The van der Waals surface area contributed by atoms with Crippen molar-refractivity contribution >= 4 is 29.1 Å². The van der Waals surface area contributed by atoms with Crippen molar-refractivity contribution in [2.75, 3.05) is 11.4 Å². The summed E-state index contributed by atoms with van der Waals surface area (Å²) >= 11 is 6.27. The number of carbonyl (C=O) groups excluding carboxylic acids is 2. The molecule has 0 spiro atoms. The van der Waals surface area contributed by atoms with Crippen LogP contribution in [0.1, 0.15) is 32.3 Å². The Hall–Kier alpha value is -1.55. The highest BCUT2D eigenvalue weighted by atomic mass is 35.5. The Morgan fingerprint density at radius 1 is 1.38 bits per heavy atom. The van der Waals surface area contributed by atoms with Gasteiger partial charge in [0.25, 0.3) is 0 Å². The number of para-hydroxylation sites is 1. The van der Waals surface area contributed by atoms with Crippen LogP contribution in [-0.4, -0.2) is 24.4 Å². The zero-order chi connectivity index (χ0) is 15.6. The molecule has 0 saturated carbocycles. The molecular weight excluding hydrogens is 288 g/mol. The van der Waals surface area contributed by atoms with E-state index in [0.29, 0.717) is 30.3 Å². The van der Waals surface area contributed by atoms with Gasteiger partial charge in [0, 0.05) is 13.0 Å². The monoisotopic (exact) mass is 308 g/mol. The van der Waals surface area contributed by atoms with Gasteiger partial charge in [0.2, 0.25) is 11.8 Å². The van der Waals surface area contributed by atoms with Crippen LogP contribution in [0.2, 0.25) is 5.02 Å². The van der Waals surface area contributed by atoms with Crippen molar-refractivity contribution in [1.82, 2.24) is 5.32 Å². The van der Waals surface area contributed by atoms with Crippen molar-refractivity contribution in [2.24, 2.45) is 5.92 Å². The first kappa shape index (κ1) is 15.8. The van der Waals surface area contributed by atoms with E-state index >= 15 is 0 Å². The zero-order valence-corrected chi connectivity index (χ0v) is 13.4. The SMILES string of the molecule is Cc1cccc(Cl)c1N1CCC(=O)NC(CC(C)C)C1=O. The minimum absolute atomic E-state index is 0.0780. The minimum atomic E-state index is -0.476. The first-order valence-electron chi connectivity index (χ1n) is 7.26. The van der Waals surface area contributed by atoms with Gasteiger partial charge in [0.1, 0.15) is 6.04 Å².